The van der Waals surface area contributed by atoms with Crippen LogP contribution in [0.2, 0.25) is 0 Å². The molecule has 0 radical (unpaired) electrons. The lowest BCUT2D eigenvalue weighted by Gasteiger charge is -2.32. The molecule has 2 aliphatic rings. The highest BCUT2D eigenvalue weighted by Gasteiger charge is 2.31. The number of hydrogen-bond acceptors (Lipinski definition) is 2. The first-order valence-electron chi connectivity index (χ1n) is 8.39. The summed E-state index contributed by atoms with van der Waals surface area (Å²) in [5, 5.41) is 5.82. The molecule has 1 unspecified atom stereocenters. The van der Waals surface area contributed by atoms with Crippen LogP contribution in [0.4, 0.5) is 16.2 Å². The van der Waals surface area contributed by atoms with E-state index >= 15 is 0 Å². The van der Waals surface area contributed by atoms with Crippen molar-refractivity contribution in [3.05, 3.63) is 58.1 Å². The van der Waals surface area contributed by atoms with E-state index in [1.54, 1.807) is 0 Å². The number of amides is 2. The molecule has 4 rings (SSSR count). The Balaban J connectivity index is 1.49. The zero-order valence-corrected chi connectivity index (χ0v) is 15.0. The van der Waals surface area contributed by atoms with Gasteiger partial charge in [0.05, 0.1) is 0 Å². The van der Waals surface area contributed by atoms with Gasteiger partial charge in [-0.2, -0.15) is 0 Å². The molecular formula is C19H20BrN3O. The lowest BCUT2D eigenvalue weighted by molar-refractivity contribution is 0.244. The van der Waals surface area contributed by atoms with Crippen molar-refractivity contribution in [2.45, 2.75) is 25.3 Å². The van der Waals surface area contributed by atoms with Gasteiger partial charge in [-0.15, -0.1) is 0 Å². The van der Waals surface area contributed by atoms with Crippen molar-refractivity contribution in [3.63, 3.8) is 0 Å². The van der Waals surface area contributed by atoms with Gasteiger partial charge in [-0.05, 0) is 67.3 Å². The van der Waals surface area contributed by atoms with Gasteiger partial charge < -0.3 is 10.6 Å². The molecule has 1 fully saturated rings. The molecule has 0 aliphatic carbocycles. The van der Waals surface area contributed by atoms with Crippen LogP contribution in [-0.4, -0.2) is 24.0 Å². The van der Waals surface area contributed by atoms with Gasteiger partial charge in [0.1, 0.15) is 0 Å². The Hall–Kier alpha value is -1.85. The van der Waals surface area contributed by atoms with Crippen LogP contribution < -0.4 is 10.6 Å². The first kappa shape index (κ1) is 15.7. The van der Waals surface area contributed by atoms with Crippen molar-refractivity contribution in [1.82, 2.24) is 4.90 Å². The van der Waals surface area contributed by atoms with Crippen LogP contribution >= 0.6 is 15.9 Å². The van der Waals surface area contributed by atoms with E-state index in [4.69, 9.17) is 0 Å². The number of rotatable bonds is 2. The summed E-state index contributed by atoms with van der Waals surface area (Å²) in [6, 6.07) is 14.2. The van der Waals surface area contributed by atoms with Gasteiger partial charge in [-0.25, -0.2) is 4.79 Å². The molecule has 2 aliphatic heterocycles. The second-order valence-electron chi connectivity index (χ2n) is 6.45. The summed E-state index contributed by atoms with van der Waals surface area (Å²) < 4.78 is 0.940. The second-order valence-corrected chi connectivity index (χ2v) is 7.36. The van der Waals surface area contributed by atoms with Gasteiger partial charge in [0.2, 0.25) is 0 Å². The number of hydrogen-bond donors (Lipinski definition) is 2. The summed E-state index contributed by atoms with van der Waals surface area (Å²) in [6.07, 6.45) is 3.60. The van der Waals surface area contributed by atoms with E-state index in [-0.39, 0.29) is 6.03 Å². The van der Waals surface area contributed by atoms with Crippen molar-refractivity contribution < 1.29 is 4.79 Å². The number of anilines is 2. The van der Waals surface area contributed by atoms with Crippen LogP contribution in [0.25, 0.3) is 0 Å². The summed E-state index contributed by atoms with van der Waals surface area (Å²) in [5.41, 5.74) is 4.44. The van der Waals surface area contributed by atoms with Crippen LogP contribution in [0.3, 0.4) is 0 Å². The maximum atomic E-state index is 12.2. The fraction of sp³-hybridized carbons (Fsp3) is 0.316. The van der Waals surface area contributed by atoms with Crippen molar-refractivity contribution >= 4 is 33.3 Å². The minimum atomic E-state index is -0.216. The topological polar surface area (TPSA) is 44.4 Å². The number of nitrogens with one attached hydrogen (secondary N) is 2. The molecular weight excluding hydrogens is 366 g/mol. The van der Waals surface area contributed by atoms with E-state index in [2.05, 4.69) is 43.6 Å². The largest absolute Gasteiger partial charge is 0.323 e. The monoisotopic (exact) mass is 385 g/mol. The quantitative estimate of drug-likeness (QED) is 0.780. The lowest BCUT2D eigenvalue weighted by atomic mass is 9.92. The van der Waals surface area contributed by atoms with Crippen molar-refractivity contribution in [3.8, 4) is 0 Å². The lowest BCUT2D eigenvalue weighted by Crippen LogP contribution is -2.31. The highest BCUT2D eigenvalue weighted by Crippen LogP contribution is 2.38. The summed E-state index contributed by atoms with van der Waals surface area (Å²) in [5.74, 6) is 0. The number of carbonyl (C=O) groups is 1. The number of benzene rings is 2. The molecule has 0 bridgehead atoms. The highest BCUT2D eigenvalue weighted by molar-refractivity contribution is 9.10. The zero-order valence-electron chi connectivity index (χ0n) is 13.4. The smallest absolute Gasteiger partial charge is 0.308 e. The first-order valence-corrected chi connectivity index (χ1v) is 9.19. The van der Waals surface area contributed by atoms with E-state index in [9.17, 15) is 4.79 Å². The number of carbonyl (C=O) groups excluding carboxylic acids is 1. The Labute approximate surface area is 150 Å². The van der Waals surface area contributed by atoms with Crippen molar-refractivity contribution in [2.75, 3.05) is 23.7 Å². The van der Waals surface area contributed by atoms with Gasteiger partial charge in [-0.3, -0.25) is 4.90 Å². The molecule has 0 aromatic heterocycles. The SMILES string of the molecule is O=C(Nc1cccc(Br)c1)Nc1ccc2c(c1)C1CCCN1CC2. The third-order valence-electron chi connectivity index (χ3n) is 4.88. The molecule has 0 spiro atoms. The fourth-order valence-electron chi connectivity index (χ4n) is 3.78. The average molecular weight is 386 g/mol. The molecule has 5 heteroatoms. The number of halogens is 1. The molecule has 4 nitrogen and oxygen atoms in total. The Bertz CT molecular complexity index is 777. The number of fused-ring (bicyclic) bond motifs is 3. The summed E-state index contributed by atoms with van der Waals surface area (Å²) in [7, 11) is 0. The minimum absolute atomic E-state index is 0.216. The van der Waals surface area contributed by atoms with E-state index < -0.39 is 0 Å². The van der Waals surface area contributed by atoms with E-state index in [0.29, 0.717) is 6.04 Å². The van der Waals surface area contributed by atoms with Gasteiger partial charge in [0.15, 0.2) is 0 Å². The summed E-state index contributed by atoms with van der Waals surface area (Å²) >= 11 is 3.41. The van der Waals surface area contributed by atoms with Crippen molar-refractivity contribution in [1.29, 1.82) is 0 Å². The minimum Gasteiger partial charge on any atom is -0.308 e. The predicted octanol–water partition coefficient (Wildman–Crippen LogP) is 4.79. The standard InChI is InChI=1S/C19H20BrN3O/c20-14-3-1-4-15(11-14)21-19(24)22-16-7-6-13-8-10-23-9-2-5-18(23)17(13)12-16/h1,3-4,6-7,11-12,18H,2,5,8-10H2,(H2,21,22,24). The van der Waals surface area contributed by atoms with Gasteiger partial charge >= 0.3 is 6.03 Å². The molecule has 1 atom stereocenters. The molecule has 2 aromatic carbocycles. The molecule has 124 valence electrons. The normalized spacial score (nSPS) is 19.5. The Morgan fingerprint density at radius 3 is 2.75 bits per heavy atom. The predicted molar refractivity (Wildman–Crippen MR) is 100 cm³/mol. The Morgan fingerprint density at radius 2 is 1.92 bits per heavy atom. The highest BCUT2D eigenvalue weighted by atomic mass is 79.9. The molecule has 2 heterocycles. The summed E-state index contributed by atoms with van der Waals surface area (Å²) in [6.45, 7) is 2.36. The van der Waals surface area contributed by atoms with Gasteiger partial charge in [-0.1, -0.05) is 28.1 Å². The maximum Gasteiger partial charge on any atom is 0.323 e. The molecule has 2 aromatic rings. The fourth-order valence-corrected chi connectivity index (χ4v) is 4.18. The van der Waals surface area contributed by atoms with Gasteiger partial charge in [0, 0.05) is 28.4 Å². The maximum absolute atomic E-state index is 12.2. The van der Waals surface area contributed by atoms with E-state index in [1.165, 1.54) is 30.5 Å². The number of nitrogens with zero attached hydrogens (tertiary/aromatic N) is 1. The molecule has 2 N–H and O–H groups in total. The molecule has 2 amide bonds. The Kier molecular flexibility index (Phi) is 4.29. The van der Waals surface area contributed by atoms with Crippen LogP contribution in [0, 0.1) is 0 Å². The van der Waals surface area contributed by atoms with E-state index in [0.717, 1.165) is 28.8 Å². The van der Waals surface area contributed by atoms with Gasteiger partial charge in [0.25, 0.3) is 0 Å². The number of urea groups is 1. The van der Waals surface area contributed by atoms with Crippen molar-refractivity contribution in [2.24, 2.45) is 0 Å². The average Bonchev–Trinajstić information content (AvgIpc) is 3.04. The molecule has 24 heavy (non-hydrogen) atoms. The Morgan fingerprint density at radius 1 is 1.08 bits per heavy atom. The molecule has 0 saturated carbocycles. The second kappa shape index (κ2) is 6.57. The third kappa shape index (κ3) is 3.19. The third-order valence-corrected chi connectivity index (χ3v) is 5.37. The molecule has 1 saturated heterocycles. The van der Waals surface area contributed by atoms with E-state index in [1.807, 2.05) is 30.3 Å². The van der Waals surface area contributed by atoms with Crippen LogP contribution in [0.1, 0.15) is 30.0 Å². The first-order chi connectivity index (χ1) is 11.7. The summed E-state index contributed by atoms with van der Waals surface area (Å²) in [4.78, 5) is 14.8. The van der Waals surface area contributed by atoms with Crippen LogP contribution in [0.5, 0.6) is 0 Å². The van der Waals surface area contributed by atoms with Crippen LogP contribution in [-0.2, 0) is 6.42 Å². The zero-order chi connectivity index (χ0) is 16.5. The van der Waals surface area contributed by atoms with Crippen LogP contribution in [0.15, 0.2) is 46.9 Å².